The van der Waals surface area contributed by atoms with E-state index >= 15 is 0 Å². The Kier molecular flexibility index (Phi) is 6.24. The van der Waals surface area contributed by atoms with Gasteiger partial charge in [0.05, 0.1) is 0 Å². The van der Waals surface area contributed by atoms with Crippen molar-refractivity contribution >= 4 is 5.91 Å². The fourth-order valence-corrected chi connectivity index (χ4v) is 3.14. The Bertz CT molecular complexity index is 450. The molecule has 1 amide bonds. The summed E-state index contributed by atoms with van der Waals surface area (Å²) >= 11 is 0. The normalized spacial score (nSPS) is 15.6. The maximum atomic E-state index is 12.0. The lowest BCUT2D eigenvalue weighted by molar-refractivity contribution is -0.121. The molecule has 0 saturated heterocycles. The lowest BCUT2D eigenvalue weighted by Crippen LogP contribution is -2.24. The Morgan fingerprint density at radius 1 is 1.19 bits per heavy atom. The molecule has 1 N–H and O–H groups in total. The first-order valence-corrected chi connectivity index (χ1v) is 8.13. The van der Waals surface area contributed by atoms with Gasteiger partial charge in [-0.3, -0.25) is 4.79 Å². The van der Waals surface area contributed by atoms with Crippen LogP contribution in [0.4, 0.5) is 0 Å². The minimum Gasteiger partial charge on any atom is -0.352 e. The highest BCUT2D eigenvalue weighted by molar-refractivity contribution is 5.75. The predicted octanol–water partition coefficient (Wildman–Crippen LogP) is 3.33. The van der Waals surface area contributed by atoms with E-state index in [9.17, 15) is 4.79 Å². The molecule has 3 heteroatoms. The summed E-state index contributed by atoms with van der Waals surface area (Å²) in [5.41, 5.74) is 2.51. The van der Waals surface area contributed by atoms with Gasteiger partial charge in [0.25, 0.3) is 0 Å². The molecule has 0 atom stereocenters. The number of rotatable bonds is 7. The van der Waals surface area contributed by atoms with E-state index in [0.717, 1.165) is 18.9 Å². The Morgan fingerprint density at radius 3 is 2.52 bits per heavy atom. The molecule has 116 valence electrons. The van der Waals surface area contributed by atoms with Crippen molar-refractivity contribution in [2.24, 2.45) is 5.92 Å². The van der Waals surface area contributed by atoms with Crippen LogP contribution in [-0.2, 0) is 17.9 Å². The topological polar surface area (TPSA) is 32.3 Å². The van der Waals surface area contributed by atoms with Gasteiger partial charge < -0.3 is 10.2 Å². The SMILES string of the molecule is CN(C)Cc1ccccc1CNC(=O)CCC1CCCC1. The largest absolute Gasteiger partial charge is 0.352 e. The van der Waals surface area contributed by atoms with Crippen LogP contribution in [0.15, 0.2) is 24.3 Å². The van der Waals surface area contributed by atoms with E-state index in [1.807, 2.05) is 6.07 Å². The number of carbonyl (C=O) groups excluding carboxylic acids is 1. The third-order valence-electron chi connectivity index (χ3n) is 4.34. The number of amides is 1. The molecule has 2 rings (SSSR count). The van der Waals surface area contributed by atoms with Crippen molar-refractivity contribution in [2.75, 3.05) is 14.1 Å². The molecule has 1 aromatic carbocycles. The summed E-state index contributed by atoms with van der Waals surface area (Å²) in [6.07, 6.45) is 7.08. The Labute approximate surface area is 128 Å². The molecular weight excluding hydrogens is 260 g/mol. The molecule has 0 unspecified atom stereocenters. The van der Waals surface area contributed by atoms with Crippen LogP contribution in [0.1, 0.15) is 49.7 Å². The second-order valence-electron chi connectivity index (χ2n) is 6.47. The molecule has 1 saturated carbocycles. The Morgan fingerprint density at radius 2 is 1.86 bits per heavy atom. The van der Waals surface area contributed by atoms with Crippen molar-refractivity contribution in [3.05, 3.63) is 35.4 Å². The summed E-state index contributed by atoms with van der Waals surface area (Å²) in [6.45, 7) is 1.56. The van der Waals surface area contributed by atoms with Crippen molar-refractivity contribution in [1.82, 2.24) is 10.2 Å². The summed E-state index contributed by atoms with van der Waals surface area (Å²) in [4.78, 5) is 14.1. The van der Waals surface area contributed by atoms with Gasteiger partial charge in [0, 0.05) is 19.5 Å². The fourth-order valence-electron chi connectivity index (χ4n) is 3.14. The van der Waals surface area contributed by atoms with Crippen LogP contribution in [-0.4, -0.2) is 24.9 Å². The van der Waals surface area contributed by atoms with Crippen LogP contribution in [0.3, 0.4) is 0 Å². The molecule has 1 aliphatic rings. The van der Waals surface area contributed by atoms with Gasteiger partial charge in [0.15, 0.2) is 0 Å². The lowest BCUT2D eigenvalue weighted by atomic mass is 10.0. The van der Waals surface area contributed by atoms with Gasteiger partial charge >= 0.3 is 0 Å². The van der Waals surface area contributed by atoms with Crippen molar-refractivity contribution < 1.29 is 4.79 Å². The van der Waals surface area contributed by atoms with Gasteiger partial charge in [-0.25, -0.2) is 0 Å². The molecule has 0 heterocycles. The summed E-state index contributed by atoms with van der Waals surface area (Å²) < 4.78 is 0. The highest BCUT2D eigenvalue weighted by Gasteiger charge is 2.16. The molecule has 0 aromatic heterocycles. The average Bonchev–Trinajstić information content (AvgIpc) is 2.97. The monoisotopic (exact) mass is 288 g/mol. The quantitative estimate of drug-likeness (QED) is 0.834. The summed E-state index contributed by atoms with van der Waals surface area (Å²) in [5.74, 6) is 0.985. The fraction of sp³-hybridized carbons (Fsp3) is 0.611. The number of nitrogens with one attached hydrogen (secondary N) is 1. The van der Waals surface area contributed by atoms with Crippen molar-refractivity contribution in [3.8, 4) is 0 Å². The Hall–Kier alpha value is -1.35. The Balaban J connectivity index is 1.77. The number of hydrogen-bond donors (Lipinski definition) is 1. The van der Waals surface area contributed by atoms with E-state index in [1.165, 1.54) is 36.8 Å². The van der Waals surface area contributed by atoms with Crippen LogP contribution < -0.4 is 5.32 Å². The second kappa shape index (κ2) is 8.18. The third-order valence-corrected chi connectivity index (χ3v) is 4.34. The lowest BCUT2D eigenvalue weighted by Gasteiger charge is -2.15. The summed E-state index contributed by atoms with van der Waals surface area (Å²) in [6, 6.07) is 8.35. The summed E-state index contributed by atoms with van der Waals surface area (Å²) in [5, 5.41) is 3.08. The number of carbonyl (C=O) groups is 1. The van der Waals surface area contributed by atoms with Gasteiger partial charge in [-0.15, -0.1) is 0 Å². The zero-order valence-electron chi connectivity index (χ0n) is 13.4. The molecule has 0 spiro atoms. The van der Waals surface area contributed by atoms with Crippen LogP contribution in [0.2, 0.25) is 0 Å². The molecule has 1 fully saturated rings. The first-order valence-electron chi connectivity index (χ1n) is 8.13. The maximum absolute atomic E-state index is 12.0. The van der Waals surface area contributed by atoms with Crippen molar-refractivity contribution in [2.45, 2.75) is 51.6 Å². The van der Waals surface area contributed by atoms with Gasteiger partial charge in [0.1, 0.15) is 0 Å². The standard InChI is InChI=1S/C18H28N2O/c1-20(2)14-17-10-6-5-9-16(17)13-19-18(21)12-11-15-7-3-4-8-15/h5-6,9-10,15H,3-4,7-8,11-14H2,1-2H3,(H,19,21). The molecule has 21 heavy (non-hydrogen) atoms. The van der Waals surface area contributed by atoms with Gasteiger partial charge in [-0.05, 0) is 37.6 Å². The first kappa shape index (κ1) is 16.0. The molecular formula is C18H28N2O. The number of benzene rings is 1. The number of nitrogens with zero attached hydrogens (tertiary/aromatic N) is 1. The van der Waals surface area contributed by atoms with E-state index in [1.54, 1.807) is 0 Å². The predicted molar refractivity (Wildman–Crippen MR) is 86.9 cm³/mol. The molecule has 0 bridgehead atoms. The van der Waals surface area contributed by atoms with E-state index in [0.29, 0.717) is 13.0 Å². The van der Waals surface area contributed by atoms with Crippen LogP contribution in [0.25, 0.3) is 0 Å². The van der Waals surface area contributed by atoms with E-state index in [4.69, 9.17) is 0 Å². The molecule has 1 aromatic rings. The molecule has 1 aliphatic carbocycles. The average molecular weight is 288 g/mol. The highest BCUT2D eigenvalue weighted by atomic mass is 16.1. The number of hydrogen-bond acceptors (Lipinski definition) is 2. The van der Waals surface area contributed by atoms with Crippen LogP contribution in [0, 0.1) is 5.92 Å². The van der Waals surface area contributed by atoms with Gasteiger partial charge in [0.2, 0.25) is 5.91 Å². The van der Waals surface area contributed by atoms with Crippen LogP contribution in [0.5, 0.6) is 0 Å². The smallest absolute Gasteiger partial charge is 0.220 e. The van der Waals surface area contributed by atoms with E-state index < -0.39 is 0 Å². The first-order chi connectivity index (χ1) is 10.1. The zero-order valence-corrected chi connectivity index (χ0v) is 13.4. The maximum Gasteiger partial charge on any atom is 0.220 e. The van der Waals surface area contributed by atoms with Gasteiger partial charge in [-0.2, -0.15) is 0 Å². The van der Waals surface area contributed by atoms with Crippen LogP contribution >= 0.6 is 0 Å². The molecule has 0 radical (unpaired) electrons. The molecule has 3 nitrogen and oxygen atoms in total. The van der Waals surface area contributed by atoms with E-state index in [2.05, 4.69) is 42.5 Å². The second-order valence-corrected chi connectivity index (χ2v) is 6.47. The minimum absolute atomic E-state index is 0.196. The molecule has 0 aliphatic heterocycles. The summed E-state index contributed by atoms with van der Waals surface area (Å²) in [7, 11) is 4.13. The van der Waals surface area contributed by atoms with Crippen molar-refractivity contribution in [1.29, 1.82) is 0 Å². The van der Waals surface area contributed by atoms with E-state index in [-0.39, 0.29) is 5.91 Å². The van der Waals surface area contributed by atoms with Crippen molar-refractivity contribution in [3.63, 3.8) is 0 Å². The van der Waals surface area contributed by atoms with Gasteiger partial charge in [-0.1, -0.05) is 49.9 Å². The highest BCUT2D eigenvalue weighted by Crippen LogP contribution is 2.28. The third kappa shape index (κ3) is 5.50. The minimum atomic E-state index is 0.196. The zero-order chi connectivity index (χ0) is 15.1.